The lowest BCUT2D eigenvalue weighted by atomic mass is 10.2. The maximum Gasteiger partial charge on any atom is 0.257 e. The molecule has 0 spiro atoms. The van der Waals surface area contributed by atoms with Crippen LogP contribution < -0.4 is 5.56 Å². The van der Waals surface area contributed by atoms with Gasteiger partial charge < -0.3 is 4.98 Å². The van der Waals surface area contributed by atoms with E-state index < -0.39 is 0 Å². The van der Waals surface area contributed by atoms with E-state index in [1.807, 2.05) is 0 Å². The fourth-order valence-corrected chi connectivity index (χ4v) is 3.13. The predicted octanol–water partition coefficient (Wildman–Crippen LogP) is 3.26. The van der Waals surface area contributed by atoms with E-state index >= 15 is 0 Å². The number of aryl methyl sites for hydroxylation is 1. The number of nitrogens with zero attached hydrogens (tertiary/aromatic N) is 1. The Balaban J connectivity index is 1.73. The first-order valence-corrected chi connectivity index (χ1v) is 7.62. The zero-order valence-corrected chi connectivity index (χ0v) is 12.5. The molecular weight excluding hydrogens is 290 g/mol. The van der Waals surface area contributed by atoms with E-state index in [2.05, 4.69) is 46.1 Å². The zero-order chi connectivity index (χ0) is 14.1. The van der Waals surface area contributed by atoms with Crippen LogP contribution in [0.5, 0.6) is 0 Å². The van der Waals surface area contributed by atoms with Gasteiger partial charge in [-0.05, 0) is 24.7 Å². The first-order valence-electron chi connectivity index (χ1n) is 6.23. The van der Waals surface area contributed by atoms with Crippen LogP contribution in [0.15, 0.2) is 34.1 Å². The molecule has 4 nitrogen and oxygen atoms in total. The highest BCUT2D eigenvalue weighted by atomic mass is 32.2. The maximum absolute atomic E-state index is 11.8. The van der Waals surface area contributed by atoms with E-state index in [1.165, 1.54) is 11.1 Å². The third kappa shape index (κ3) is 2.76. The number of benzene rings is 1. The lowest BCUT2D eigenvalue weighted by Gasteiger charge is -2.01. The number of aromatic nitrogens is 2. The minimum Gasteiger partial charge on any atom is -0.317 e. The molecular formula is C14H13N3OS2. The number of thioether (sulfide) groups is 1. The average molecular weight is 303 g/mol. The Hall–Kier alpha value is -1.66. The van der Waals surface area contributed by atoms with Crippen LogP contribution in [-0.4, -0.2) is 15.0 Å². The molecule has 2 heterocycles. The van der Waals surface area contributed by atoms with Gasteiger partial charge in [0, 0.05) is 12.2 Å². The second-order valence-electron chi connectivity index (χ2n) is 4.69. The lowest BCUT2D eigenvalue weighted by molar-refractivity contribution is 1.05. The second kappa shape index (κ2) is 5.38. The number of hydrogen-bond donors (Lipinski definition) is 2. The van der Waals surface area contributed by atoms with E-state index in [4.69, 9.17) is 12.2 Å². The largest absolute Gasteiger partial charge is 0.317 e. The first-order chi connectivity index (χ1) is 9.61. The van der Waals surface area contributed by atoms with Crippen LogP contribution >= 0.6 is 24.0 Å². The SMILES string of the molecule is Cc1ccc(CSC2=Nc3[nH]c(=S)[nH]c(=O)c3C2)cc1. The highest BCUT2D eigenvalue weighted by molar-refractivity contribution is 8.13. The molecule has 0 atom stereocenters. The van der Waals surface area contributed by atoms with Crippen LogP contribution in [0.2, 0.25) is 0 Å². The van der Waals surface area contributed by atoms with Crippen LogP contribution in [0.25, 0.3) is 0 Å². The van der Waals surface area contributed by atoms with E-state index in [0.717, 1.165) is 10.8 Å². The summed E-state index contributed by atoms with van der Waals surface area (Å²) < 4.78 is 0.322. The summed E-state index contributed by atoms with van der Waals surface area (Å²) in [6.07, 6.45) is 0.577. The highest BCUT2D eigenvalue weighted by Gasteiger charge is 2.18. The van der Waals surface area contributed by atoms with Gasteiger partial charge in [-0.2, -0.15) is 0 Å². The molecule has 0 bridgehead atoms. The Bertz CT molecular complexity index is 787. The van der Waals surface area contributed by atoms with Crippen molar-refractivity contribution in [1.29, 1.82) is 0 Å². The van der Waals surface area contributed by atoms with Crippen molar-refractivity contribution < 1.29 is 0 Å². The van der Waals surface area contributed by atoms with Crippen molar-refractivity contribution in [3.63, 3.8) is 0 Å². The van der Waals surface area contributed by atoms with E-state index in [-0.39, 0.29) is 5.56 Å². The van der Waals surface area contributed by atoms with Crippen molar-refractivity contribution in [1.82, 2.24) is 9.97 Å². The summed E-state index contributed by atoms with van der Waals surface area (Å²) in [6, 6.07) is 8.43. The summed E-state index contributed by atoms with van der Waals surface area (Å²) in [5.41, 5.74) is 3.04. The Kier molecular flexibility index (Phi) is 3.58. The van der Waals surface area contributed by atoms with E-state index in [9.17, 15) is 4.79 Å². The summed E-state index contributed by atoms with van der Waals surface area (Å²) in [4.78, 5) is 21.7. The van der Waals surface area contributed by atoms with Gasteiger partial charge in [-0.15, -0.1) is 11.8 Å². The monoisotopic (exact) mass is 303 g/mol. The van der Waals surface area contributed by atoms with Gasteiger partial charge in [0.2, 0.25) is 0 Å². The second-order valence-corrected chi connectivity index (χ2v) is 6.15. The summed E-state index contributed by atoms with van der Waals surface area (Å²) in [7, 11) is 0. The van der Waals surface area contributed by atoms with Gasteiger partial charge in [0.15, 0.2) is 4.77 Å². The highest BCUT2D eigenvalue weighted by Crippen LogP contribution is 2.27. The van der Waals surface area contributed by atoms with Gasteiger partial charge in [0.1, 0.15) is 5.82 Å². The van der Waals surface area contributed by atoms with Gasteiger partial charge in [0.25, 0.3) is 5.56 Å². The van der Waals surface area contributed by atoms with Crippen molar-refractivity contribution in [3.05, 3.63) is 56.1 Å². The number of nitrogens with one attached hydrogen (secondary N) is 2. The molecule has 1 aromatic heterocycles. The van der Waals surface area contributed by atoms with Crippen LogP contribution in [-0.2, 0) is 12.2 Å². The van der Waals surface area contributed by atoms with Crippen LogP contribution in [0.1, 0.15) is 16.7 Å². The molecule has 2 aromatic rings. The molecule has 102 valence electrons. The number of rotatable bonds is 2. The molecule has 0 aliphatic carbocycles. The molecule has 0 fully saturated rings. The van der Waals surface area contributed by atoms with Gasteiger partial charge in [-0.3, -0.25) is 9.78 Å². The van der Waals surface area contributed by atoms with E-state index in [0.29, 0.717) is 22.6 Å². The molecule has 0 saturated heterocycles. The van der Waals surface area contributed by atoms with Gasteiger partial charge in [0.05, 0.1) is 10.6 Å². The zero-order valence-electron chi connectivity index (χ0n) is 10.9. The molecule has 1 aliphatic heterocycles. The third-order valence-electron chi connectivity index (χ3n) is 3.11. The van der Waals surface area contributed by atoms with Gasteiger partial charge in [-0.25, -0.2) is 4.99 Å². The predicted molar refractivity (Wildman–Crippen MR) is 85.5 cm³/mol. The van der Waals surface area contributed by atoms with Crippen LogP contribution in [0.4, 0.5) is 5.82 Å². The molecule has 6 heteroatoms. The number of aliphatic imine (C=N–C) groups is 1. The summed E-state index contributed by atoms with van der Waals surface area (Å²) in [5.74, 6) is 1.45. The van der Waals surface area contributed by atoms with Crippen molar-refractivity contribution in [2.24, 2.45) is 4.99 Å². The number of hydrogen-bond acceptors (Lipinski definition) is 4. The topological polar surface area (TPSA) is 61.0 Å². The fraction of sp³-hybridized carbons (Fsp3) is 0.214. The number of aromatic amines is 2. The maximum atomic E-state index is 11.8. The standard InChI is InChI=1S/C14H13N3OS2/c1-8-2-4-9(5-3-8)7-20-11-6-10-12(15-11)16-14(19)17-13(10)18/h2-5H,6-7H2,1H3,(H2,16,17,18,19). The fourth-order valence-electron chi connectivity index (χ4n) is 2.01. The number of H-pyrrole nitrogens is 2. The minimum absolute atomic E-state index is 0.140. The average Bonchev–Trinajstić information content (AvgIpc) is 2.81. The molecule has 0 saturated carbocycles. The van der Waals surface area contributed by atoms with Crippen molar-refractivity contribution in [2.45, 2.75) is 19.1 Å². The molecule has 0 radical (unpaired) electrons. The quantitative estimate of drug-likeness (QED) is 0.837. The molecule has 0 unspecified atom stereocenters. The van der Waals surface area contributed by atoms with Gasteiger partial charge in [-0.1, -0.05) is 29.8 Å². The van der Waals surface area contributed by atoms with Crippen LogP contribution in [0, 0.1) is 11.7 Å². The van der Waals surface area contributed by atoms with Gasteiger partial charge >= 0.3 is 0 Å². The van der Waals surface area contributed by atoms with Crippen molar-refractivity contribution >= 4 is 34.8 Å². The summed E-state index contributed by atoms with van der Waals surface area (Å²) >= 11 is 6.60. The molecule has 2 N–H and O–H groups in total. The molecule has 1 aliphatic rings. The Labute approximate surface area is 125 Å². The van der Waals surface area contributed by atoms with Crippen LogP contribution in [0.3, 0.4) is 0 Å². The first kappa shape index (κ1) is 13.3. The summed E-state index contributed by atoms with van der Waals surface area (Å²) in [5, 5.41) is 0.947. The number of fused-ring (bicyclic) bond motifs is 1. The summed E-state index contributed by atoms with van der Waals surface area (Å²) in [6.45, 7) is 2.07. The van der Waals surface area contributed by atoms with E-state index in [1.54, 1.807) is 11.8 Å². The molecule has 0 amide bonds. The Morgan fingerprint density at radius 3 is 2.80 bits per heavy atom. The third-order valence-corrected chi connectivity index (χ3v) is 4.36. The molecule has 1 aromatic carbocycles. The lowest BCUT2D eigenvalue weighted by Crippen LogP contribution is -2.13. The van der Waals surface area contributed by atoms with Crippen molar-refractivity contribution in [2.75, 3.05) is 0 Å². The molecule has 3 rings (SSSR count). The smallest absolute Gasteiger partial charge is 0.257 e. The Morgan fingerprint density at radius 1 is 1.30 bits per heavy atom. The minimum atomic E-state index is -0.140. The Morgan fingerprint density at radius 2 is 2.05 bits per heavy atom. The molecule has 20 heavy (non-hydrogen) atoms. The van der Waals surface area contributed by atoms with Crippen molar-refractivity contribution in [3.8, 4) is 0 Å². The normalized spacial score (nSPS) is 13.2.